The molecule has 6 N–H and O–H groups in total. The van der Waals surface area contributed by atoms with Crippen LogP contribution in [0, 0.1) is 12.3 Å². The molecule has 1 aromatic heterocycles. The van der Waals surface area contributed by atoms with E-state index in [1.54, 1.807) is 13.8 Å². The number of benzene rings is 1. The molecule has 0 fully saturated rings. The molecule has 2 rings (SSSR count). The number of amides is 2. The normalized spacial score (nSPS) is 12.2. The lowest BCUT2D eigenvalue weighted by Crippen LogP contribution is -2.41. The van der Waals surface area contributed by atoms with Crippen LogP contribution in [0.5, 0.6) is 0 Å². The fraction of sp³-hybridized carbons (Fsp3) is 0.300. The number of hydrogen-bond donors (Lipinski definition) is 4. The number of pyridine rings is 1. The molecule has 1 unspecified atom stereocenters. The summed E-state index contributed by atoms with van der Waals surface area (Å²) in [7, 11) is 0. The Bertz CT molecular complexity index is 1020. The molecule has 31 heavy (non-hydrogen) atoms. The number of aryl methyl sites for hydroxylation is 1. The van der Waals surface area contributed by atoms with Crippen LogP contribution in [0.25, 0.3) is 0 Å². The largest absolute Gasteiger partial charge is 0.416 e. The number of nitrogens with one attached hydrogen (secondary N) is 2. The third-order valence-electron chi connectivity index (χ3n) is 4.89. The van der Waals surface area contributed by atoms with E-state index in [0.717, 1.165) is 18.3 Å². The van der Waals surface area contributed by atoms with Gasteiger partial charge in [-0.1, -0.05) is 6.07 Å². The Morgan fingerprint density at radius 3 is 2.48 bits per heavy atom. The van der Waals surface area contributed by atoms with Crippen LogP contribution in [0.15, 0.2) is 24.4 Å². The summed E-state index contributed by atoms with van der Waals surface area (Å²) in [6, 6.07) is 2.58. The summed E-state index contributed by atoms with van der Waals surface area (Å²) in [4.78, 5) is 30.4. The molecule has 8 nitrogen and oxygen atoms in total. The molecule has 2 aromatic rings. The maximum absolute atomic E-state index is 12.9. The van der Waals surface area contributed by atoms with Gasteiger partial charge in [-0.05, 0) is 44.0 Å². The summed E-state index contributed by atoms with van der Waals surface area (Å²) in [6.45, 7) is 4.91. The van der Waals surface area contributed by atoms with Crippen molar-refractivity contribution in [3.05, 3.63) is 46.6 Å². The van der Waals surface area contributed by atoms with Gasteiger partial charge in [0.05, 0.1) is 34.7 Å². The van der Waals surface area contributed by atoms with Crippen LogP contribution in [-0.4, -0.2) is 34.5 Å². The molecule has 2 amide bonds. The number of alkyl halides is 3. The monoisotopic (exact) mass is 436 g/mol. The van der Waals surface area contributed by atoms with Gasteiger partial charge in [-0.2, -0.15) is 13.2 Å². The number of nitrogens with two attached hydrogens (primary N) is 2. The second-order valence-corrected chi connectivity index (χ2v) is 6.82. The summed E-state index contributed by atoms with van der Waals surface area (Å²) in [5.41, 5.74) is 11.6. The molecule has 0 saturated carbocycles. The first-order valence-electron chi connectivity index (χ1n) is 9.26. The third kappa shape index (κ3) is 4.93. The lowest BCUT2D eigenvalue weighted by molar-refractivity contribution is -0.144. The second kappa shape index (κ2) is 9.02. The summed E-state index contributed by atoms with van der Waals surface area (Å²) >= 11 is 0. The van der Waals surface area contributed by atoms with E-state index in [0.29, 0.717) is 11.1 Å². The number of carbonyl (C=O) groups is 2. The predicted molar refractivity (Wildman–Crippen MR) is 112 cm³/mol. The zero-order valence-electron chi connectivity index (χ0n) is 17.2. The first kappa shape index (κ1) is 23.6. The fourth-order valence-corrected chi connectivity index (χ4v) is 3.20. The number of rotatable bonds is 5. The zero-order valence-corrected chi connectivity index (χ0v) is 17.2. The molecule has 1 heterocycles. The number of hydrogen-bond acceptors (Lipinski definition) is 6. The Morgan fingerprint density at radius 2 is 1.97 bits per heavy atom. The minimum atomic E-state index is -4.48. The zero-order chi connectivity index (χ0) is 23.5. The summed E-state index contributed by atoms with van der Waals surface area (Å²) in [5.74, 6) is -1.91. The Morgan fingerprint density at radius 1 is 1.32 bits per heavy atom. The molecular formula is C20H23F3N6O2. The van der Waals surface area contributed by atoms with Gasteiger partial charge in [0.15, 0.2) is 0 Å². The highest BCUT2D eigenvalue weighted by Gasteiger charge is 2.32. The van der Waals surface area contributed by atoms with E-state index in [9.17, 15) is 22.8 Å². The van der Waals surface area contributed by atoms with Gasteiger partial charge in [0.25, 0.3) is 0 Å². The number of nitrogens with zero attached hydrogens (tertiary/aromatic N) is 2. The van der Waals surface area contributed by atoms with Crippen molar-refractivity contribution in [2.24, 2.45) is 0 Å². The lowest BCUT2D eigenvalue weighted by atomic mass is 9.98. The van der Waals surface area contributed by atoms with Crippen LogP contribution < -0.4 is 16.8 Å². The maximum Gasteiger partial charge on any atom is 0.416 e. The molecule has 0 spiro atoms. The SMILES string of the molecule is CCN(C(=O)C(=O)Nc1cnc(N)c(C=N)c1N)C(C)c1ccc(C(F)(F)F)cc1C. The summed E-state index contributed by atoms with van der Waals surface area (Å²) in [6.07, 6.45) is -2.43. The minimum absolute atomic E-state index is 0.00147. The Balaban J connectivity index is 2.27. The van der Waals surface area contributed by atoms with E-state index in [1.165, 1.54) is 24.1 Å². The Kier molecular flexibility index (Phi) is 6.88. The average molecular weight is 436 g/mol. The Labute approximate surface area is 176 Å². The van der Waals surface area contributed by atoms with Gasteiger partial charge in [0.2, 0.25) is 0 Å². The highest BCUT2D eigenvalue weighted by atomic mass is 19.4. The van der Waals surface area contributed by atoms with Crippen molar-refractivity contribution >= 4 is 35.2 Å². The van der Waals surface area contributed by atoms with Crippen molar-refractivity contribution in [3.8, 4) is 0 Å². The highest BCUT2D eigenvalue weighted by Crippen LogP contribution is 2.33. The van der Waals surface area contributed by atoms with Crippen molar-refractivity contribution in [3.63, 3.8) is 0 Å². The second-order valence-electron chi connectivity index (χ2n) is 6.82. The topological polar surface area (TPSA) is 138 Å². The molecule has 1 atom stereocenters. The molecule has 0 aliphatic heterocycles. The smallest absolute Gasteiger partial charge is 0.396 e. The van der Waals surface area contributed by atoms with Crippen LogP contribution in [0.3, 0.4) is 0 Å². The van der Waals surface area contributed by atoms with E-state index in [1.807, 2.05) is 0 Å². The van der Waals surface area contributed by atoms with Crippen LogP contribution in [0.2, 0.25) is 0 Å². The first-order chi connectivity index (χ1) is 14.4. The number of aromatic nitrogens is 1. The van der Waals surface area contributed by atoms with E-state index < -0.39 is 29.6 Å². The van der Waals surface area contributed by atoms with Gasteiger partial charge in [-0.15, -0.1) is 0 Å². The molecule has 0 radical (unpaired) electrons. The quantitative estimate of drug-likeness (QED) is 0.421. The number of nitrogen functional groups attached to an aromatic ring is 2. The Hall–Kier alpha value is -3.63. The minimum Gasteiger partial charge on any atom is -0.396 e. The van der Waals surface area contributed by atoms with Crippen LogP contribution in [-0.2, 0) is 15.8 Å². The van der Waals surface area contributed by atoms with Gasteiger partial charge >= 0.3 is 18.0 Å². The van der Waals surface area contributed by atoms with Crippen molar-refractivity contribution in [1.29, 1.82) is 5.41 Å². The molecule has 0 aliphatic carbocycles. The molecule has 0 bridgehead atoms. The number of likely N-dealkylation sites (N-methyl/N-ethyl adjacent to an activating group) is 1. The van der Waals surface area contributed by atoms with E-state index >= 15 is 0 Å². The van der Waals surface area contributed by atoms with E-state index in [2.05, 4.69) is 10.3 Å². The van der Waals surface area contributed by atoms with E-state index in [-0.39, 0.29) is 29.3 Å². The van der Waals surface area contributed by atoms with Gasteiger partial charge in [0, 0.05) is 12.8 Å². The van der Waals surface area contributed by atoms with Crippen LogP contribution >= 0.6 is 0 Å². The van der Waals surface area contributed by atoms with Crippen molar-refractivity contribution in [2.45, 2.75) is 33.0 Å². The van der Waals surface area contributed by atoms with Gasteiger partial charge in [0.1, 0.15) is 5.82 Å². The van der Waals surface area contributed by atoms with Crippen molar-refractivity contribution in [1.82, 2.24) is 9.88 Å². The lowest BCUT2D eigenvalue weighted by Gasteiger charge is -2.29. The summed E-state index contributed by atoms with van der Waals surface area (Å²) in [5, 5.41) is 9.68. The van der Waals surface area contributed by atoms with Crippen molar-refractivity contribution in [2.75, 3.05) is 23.3 Å². The van der Waals surface area contributed by atoms with Crippen molar-refractivity contribution < 1.29 is 22.8 Å². The maximum atomic E-state index is 12.9. The van der Waals surface area contributed by atoms with Gasteiger partial charge in [-0.3, -0.25) is 9.59 Å². The average Bonchev–Trinajstić information content (AvgIpc) is 2.70. The standard InChI is InChI=1S/C20H23F3N6O2/c1-4-29(11(3)13-6-5-12(7-10(13)2)20(21,22)23)19(31)18(30)28-15-9-27-17(26)14(8-24)16(15)25/h5-9,11,24H,4H2,1-3H3,(H,28,30)(H4,25,26,27). The predicted octanol–water partition coefficient (Wildman–Crippen LogP) is 3.12. The van der Waals surface area contributed by atoms with Gasteiger partial charge < -0.3 is 27.1 Å². The molecule has 11 heteroatoms. The first-order valence-corrected chi connectivity index (χ1v) is 9.26. The van der Waals surface area contributed by atoms with Crippen LogP contribution in [0.1, 0.15) is 42.1 Å². The number of halogens is 3. The molecule has 1 aromatic carbocycles. The fourth-order valence-electron chi connectivity index (χ4n) is 3.20. The third-order valence-corrected chi connectivity index (χ3v) is 4.89. The molecule has 0 aliphatic rings. The molecule has 166 valence electrons. The molecular weight excluding hydrogens is 413 g/mol. The number of anilines is 3. The highest BCUT2D eigenvalue weighted by molar-refractivity contribution is 6.40. The summed E-state index contributed by atoms with van der Waals surface area (Å²) < 4.78 is 38.8. The van der Waals surface area contributed by atoms with E-state index in [4.69, 9.17) is 16.9 Å². The van der Waals surface area contributed by atoms with Gasteiger partial charge in [-0.25, -0.2) is 4.98 Å². The van der Waals surface area contributed by atoms with Crippen LogP contribution in [0.4, 0.5) is 30.4 Å². The number of carbonyl (C=O) groups excluding carboxylic acids is 2. The molecule has 0 saturated heterocycles.